The summed E-state index contributed by atoms with van der Waals surface area (Å²) in [6.45, 7) is -1.23. The SMILES string of the molecule is N#Cc1ccc(S(=O)(=O)NCC(O)C(F)(F)F)c(N)c1. The Morgan fingerprint density at radius 1 is 1.45 bits per heavy atom. The summed E-state index contributed by atoms with van der Waals surface area (Å²) in [5.74, 6) is 0. The smallest absolute Gasteiger partial charge is 0.398 e. The lowest BCUT2D eigenvalue weighted by molar-refractivity contribution is -0.200. The predicted molar refractivity (Wildman–Crippen MR) is 62.8 cm³/mol. The largest absolute Gasteiger partial charge is 0.415 e. The van der Waals surface area contributed by atoms with E-state index in [4.69, 9.17) is 16.1 Å². The lowest BCUT2D eigenvalue weighted by atomic mass is 10.2. The van der Waals surface area contributed by atoms with Gasteiger partial charge >= 0.3 is 6.18 Å². The second kappa shape index (κ2) is 5.66. The minimum Gasteiger partial charge on any atom is -0.398 e. The van der Waals surface area contributed by atoms with Gasteiger partial charge in [-0.3, -0.25) is 0 Å². The molecular weight excluding hydrogens is 299 g/mol. The highest BCUT2D eigenvalue weighted by molar-refractivity contribution is 7.89. The summed E-state index contributed by atoms with van der Waals surface area (Å²) in [6.07, 6.45) is -7.75. The van der Waals surface area contributed by atoms with Crippen molar-refractivity contribution in [2.45, 2.75) is 17.2 Å². The monoisotopic (exact) mass is 309 g/mol. The number of hydrogen-bond donors (Lipinski definition) is 3. The van der Waals surface area contributed by atoms with Gasteiger partial charge in [-0.15, -0.1) is 0 Å². The number of nitrogen functional groups attached to an aromatic ring is 1. The summed E-state index contributed by atoms with van der Waals surface area (Å²) in [6, 6.07) is 4.96. The summed E-state index contributed by atoms with van der Waals surface area (Å²) in [5.41, 5.74) is 5.25. The van der Waals surface area contributed by atoms with Crippen molar-refractivity contribution in [3.8, 4) is 6.07 Å². The molecule has 6 nitrogen and oxygen atoms in total. The first-order valence-corrected chi connectivity index (χ1v) is 6.60. The van der Waals surface area contributed by atoms with Gasteiger partial charge in [-0.25, -0.2) is 13.1 Å². The third kappa shape index (κ3) is 3.83. The Morgan fingerprint density at radius 3 is 2.50 bits per heavy atom. The molecule has 0 aliphatic heterocycles. The number of nitriles is 1. The lowest BCUT2D eigenvalue weighted by Gasteiger charge is -2.15. The Morgan fingerprint density at radius 2 is 2.05 bits per heavy atom. The molecule has 0 bridgehead atoms. The van der Waals surface area contributed by atoms with Crippen LogP contribution < -0.4 is 10.5 Å². The third-order valence-corrected chi connectivity index (χ3v) is 3.77. The highest BCUT2D eigenvalue weighted by Gasteiger charge is 2.38. The number of aliphatic hydroxyl groups is 1. The van der Waals surface area contributed by atoms with Crippen molar-refractivity contribution in [3.63, 3.8) is 0 Å². The van der Waals surface area contributed by atoms with Crippen LogP contribution in [0, 0.1) is 11.3 Å². The number of alkyl halides is 3. The molecule has 0 saturated heterocycles. The Labute approximate surface area is 112 Å². The summed E-state index contributed by atoms with van der Waals surface area (Å²) in [7, 11) is -4.32. The molecule has 1 aromatic rings. The number of rotatable bonds is 4. The van der Waals surface area contributed by atoms with E-state index in [0.29, 0.717) is 0 Å². The molecule has 0 aliphatic carbocycles. The lowest BCUT2D eigenvalue weighted by Crippen LogP contribution is -2.40. The van der Waals surface area contributed by atoms with E-state index in [0.717, 1.165) is 18.2 Å². The van der Waals surface area contributed by atoms with E-state index in [1.54, 1.807) is 10.8 Å². The van der Waals surface area contributed by atoms with Crippen molar-refractivity contribution in [1.82, 2.24) is 4.72 Å². The first kappa shape index (κ1) is 16.2. The quantitative estimate of drug-likeness (QED) is 0.694. The molecule has 10 heteroatoms. The molecule has 0 fully saturated rings. The van der Waals surface area contributed by atoms with E-state index in [2.05, 4.69) is 0 Å². The van der Waals surface area contributed by atoms with Gasteiger partial charge in [-0.05, 0) is 18.2 Å². The second-order valence-corrected chi connectivity index (χ2v) is 5.51. The highest BCUT2D eigenvalue weighted by atomic mass is 32.2. The fourth-order valence-electron chi connectivity index (χ4n) is 1.24. The van der Waals surface area contributed by atoms with Gasteiger partial charge < -0.3 is 10.8 Å². The molecule has 1 atom stereocenters. The zero-order valence-corrected chi connectivity index (χ0v) is 10.7. The van der Waals surface area contributed by atoms with Crippen LogP contribution in [-0.2, 0) is 10.0 Å². The molecule has 0 aromatic heterocycles. The minimum atomic E-state index is -4.93. The fourth-order valence-corrected chi connectivity index (χ4v) is 2.39. The van der Waals surface area contributed by atoms with Crippen LogP contribution in [-0.4, -0.2) is 32.3 Å². The maximum atomic E-state index is 12.1. The summed E-state index contributed by atoms with van der Waals surface area (Å²) < 4.78 is 61.2. The van der Waals surface area contributed by atoms with Gasteiger partial charge in [-0.1, -0.05) is 0 Å². The van der Waals surface area contributed by atoms with Gasteiger partial charge in [0.2, 0.25) is 10.0 Å². The van der Waals surface area contributed by atoms with Crippen LogP contribution in [0.25, 0.3) is 0 Å². The average Bonchev–Trinajstić information content (AvgIpc) is 2.34. The first-order chi connectivity index (χ1) is 9.08. The normalized spacial score (nSPS) is 13.8. The summed E-state index contributed by atoms with van der Waals surface area (Å²) in [5, 5.41) is 17.3. The number of nitrogens with two attached hydrogens (primary N) is 1. The number of nitrogens with zero attached hydrogens (tertiary/aromatic N) is 1. The van der Waals surface area contributed by atoms with E-state index in [9.17, 15) is 21.6 Å². The van der Waals surface area contributed by atoms with Gasteiger partial charge in [0.25, 0.3) is 0 Å². The maximum Gasteiger partial charge on any atom is 0.415 e. The summed E-state index contributed by atoms with van der Waals surface area (Å²) >= 11 is 0. The third-order valence-electron chi connectivity index (χ3n) is 2.27. The Balaban J connectivity index is 2.93. The zero-order chi connectivity index (χ0) is 15.6. The maximum absolute atomic E-state index is 12.1. The van der Waals surface area contributed by atoms with Gasteiger partial charge in [-0.2, -0.15) is 18.4 Å². The van der Waals surface area contributed by atoms with Gasteiger partial charge in [0.05, 0.1) is 17.3 Å². The van der Waals surface area contributed by atoms with Crippen LogP contribution in [0.15, 0.2) is 23.1 Å². The highest BCUT2D eigenvalue weighted by Crippen LogP contribution is 2.22. The van der Waals surface area contributed by atoms with Crippen LogP contribution in [0.1, 0.15) is 5.56 Å². The second-order valence-electron chi connectivity index (χ2n) is 3.77. The van der Waals surface area contributed by atoms with Crippen molar-refractivity contribution in [2.24, 2.45) is 0 Å². The van der Waals surface area contributed by atoms with E-state index in [1.165, 1.54) is 0 Å². The molecule has 110 valence electrons. The van der Waals surface area contributed by atoms with E-state index >= 15 is 0 Å². The first-order valence-electron chi connectivity index (χ1n) is 5.12. The molecule has 1 unspecified atom stereocenters. The molecule has 0 saturated carbocycles. The molecule has 0 spiro atoms. The van der Waals surface area contributed by atoms with Crippen LogP contribution in [0.3, 0.4) is 0 Å². The number of hydrogen-bond acceptors (Lipinski definition) is 5. The molecule has 1 aromatic carbocycles. The number of nitrogens with one attached hydrogen (secondary N) is 1. The van der Waals surface area contributed by atoms with Gasteiger partial charge in [0, 0.05) is 6.54 Å². The number of aliphatic hydroxyl groups excluding tert-OH is 1. The number of halogens is 3. The molecule has 0 aliphatic rings. The van der Waals surface area contributed by atoms with Gasteiger partial charge in [0.15, 0.2) is 6.10 Å². The average molecular weight is 309 g/mol. The van der Waals surface area contributed by atoms with Gasteiger partial charge in [0.1, 0.15) is 4.90 Å². The Kier molecular flexibility index (Phi) is 4.59. The van der Waals surface area contributed by atoms with E-state index in [-0.39, 0.29) is 11.3 Å². The van der Waals surface area contributed by atoms with Crippen LogP contribution in [0.5, 0.6) is 0 Å². The van der Waals surface area contributed by atoms with Crippen molar-refractivity contribution >= 4 is 15.7 Å². The molecule has 0 amide bonds. The Bertz CT molecular complexity index is 637. The van der Waals surface area contributed by atoms with Crippen LogP contribution in [0.4, 0.5) is 18.9 Å². The number of benzene rings is 1. The van der Waals surface area contributed by atoms with Crippen molar-refractivity contribution < 1.29 is 26.7 Å². The summed E-state index contributed by atoms with van der Waals surface area (Å²) in [4.78, 5) is -0.467. The van der Waals surface area contributed by atoms with Crippen LogP contribution in [0.2, 0.25) is 0 Å². The van der Waals surface area contributed by atoms with Crippen molar-refractivity contribution in [2.75, 3.05) is 12.3 Å². The Hall–Kier alpha value is -1.83. The zero-order valence-electron chi connectivity index (χ0n) is 9.85. The minimum absolute atomic E-state index is 0.108. The van der Waals surface area contributed by atoms with E-state index < -0.39 is 33.7 Å². The van der Waals surface area contributed by atoms with Crippen LogP contribution >= 0.6 is 0 Å². The topological polar surface area (TPSA) is 116 Å². The molecule has 4 N–H and O–H groups in total. The molecule has 20 heavy (non-hydrogen) atoms. The van der Waals surface area contributed by atoms with Crippen molar-refractivity contribution in [3.05, 3.63) is 23.8 Å². The van der Waals surface area contributed by atoms with Crippen molar-refractivity contribution in [1.29, 1.82) is 5.26 Å². The fraction of sp³-hybridized carbons (Fsp3) is 0.300. The predicted octanol–water partition coefficient (Wildman–Crippen LogP) is 0.342. The number of anilines is 1. The number of sulfonamides is 1. The van der Waals surface area contributed by atoms with E-state index in [1.807, 2.05) is 0 Å². The molecular formula is C10H10F3N3O3S. The molecule has 1 rings (SSSR count). The standard InChI is InChI=1S/C10H10F3N3O3S/c11-10(12,13)9(17)5-16-20(18,19)8-2-1-6(4-14)3-7(8)15/h1-3,9,16-17H,5,15H2. The molecule has 0 radical (unpaired) electrons. The molecule has 0 heterocycles.